The highest BCUT2D eigenvalue weighted by atomic mass is 16.5. The van der Waals surface area contributed by atoms with Gasteiger partial charge in [-0.15, -0.1) is 0 Å². The number of aromatic nitrogens is 2. The molecule has 4 aromatic rings. The lowest BCUT2D eigenvalue weighted by Crippen LogP contribution is -2.21. The summed E-state index contributed by atoms with van der Waals surface area (Å²) in [6.07, 6.45) is 1.58. The van der Waals surface area contributed by atoms with Gasteiger partial charge in [0.2, 0.25) is 0 Å². The average molecular weight is 488 g/mol. The molecular weight excluding hydrogens is 462 g/mol. The minimum absolute atomic E-state index is 0.207. The summed E-state index contributed by atoms with van der Waals surface area (Å²) in [4.78, 5) is 25.6. The number of amides is 1. The fraction of sp³-hybridized carbons (Fsp3) is 0.148. The second kappa shape index (κ2) is 11.1. The van der Waals surface area contributed by atoms with Crippen LogP contribution in [0.2, 0.25) is 0 Å². The SMILES string of the molecule is COc1cccc(-c2nn(-c3ccccc3)cc2C(=O)OCC(=O)Nc2cc(OC)ccc2OC)c1. The Bertz CT molecular complexity index is 1370. The summed E-state index contributed by atoms with van der Waals surface area (Å²) in [5, 5.41) is 7.29. The van der Waals surface area contributed by atoms with E-state index in [9.17, 15) is 9.59 Å². The van der Waals surface area contributed by atoms with Crippen molar-refractivity contribution < 1.29 is 28.5 Å². The third kappa shape index (κ3) is 5.47. The van der Waals surface area contributed by atoms with Crippen LogP contribution in [0, 0.1) is 0 Å². The van der Waals surface area contributed by atoms with Gasteiger partial charge in [-0.05, 0) is 36.4 Å². The molecule has 4 rings (SSSR count). The van der Waals surface area contributed by atoms with Crippen molar-refractivity contribution in [3.63, 3.8) is 0 Å². The van der Waals surface area contributed by atoms with Crippen LogP contribution in [-0.2, 0) is 9.53 Å². The monoisotopic (exact) mass is 487 g/mol. The number of rotatable bonds is 9. The van der Waals surface area contributed by atoms with E-state index in [-0.39, 0.29) is 5.56 Å². The smallest absolute Gasteiger partial charge is 0.342 e. The highest BCUT2D eigenvalue weighted by Crippen LogP contribution is 2.29. The number of anilines is 1. The molecule has 1 N–H and O–H groups in total. The summed E-state index contributed by atoms with van der Waals surface area (Å²) >= 11 is 0. The lowest BCUT2D eigenvalue weighted by molar-refractivity contribution is -0.119. The molecule has 0 aliphatic rings. The Morgan fingerprint density at radius 1 is 0.861 bits per heavy atom. The van der Waals surface area contributed by atoms with Gasteiger partial charge >= 0.3 is 5.97 Å². The lowest BCUT2D eigenvalue weighted by atomic mass is 10.1. The molecule has 0 fully saturated rings. The van der Waals surface area contributed by atoms with Crippen LogP contribution < -0.4 is 19.5 Å². The number of methoxy groups -OCH3 is 3. The van der Waals surface area contributed by atoms with E-state index in [2.05, 4.69) is 10.4 Å². The van der Waals surface area contributed by atoms with Gasteiger partial charge in [0.1, 0.15) is 28.5 Å². The Labute approximate surface area is 208 Å². The van der Waals surface area contributed by atoms with E-state index < -0.39 is 18.5 Å². The zero-order chi connectivity index (χ0) is 25.5. The van der Waals surface area contributed by atoms with Crippen LogP contribution >= 0.6 is 0 Å². The quantitative estimate of drug-likeness (QED) is 0.350. The van der Waals surface area contributed by atoms with E-state index in [1.807, 2.05) is 36.4 Å². The van der Waals surface area contributed by atoms with Crippen molar-refractivity contribution >= 4 is 17.6 Å². The van der Waals surface area contributed by atoms with Gasteiger partial charge in [0, 0.05) is 17.8 Å². The molecule has 0 unspecified atom stereocenters. The number of nitrogens with zero attached hydrogens (tertiary/aromatic N) is 2. The van der Waals surface area contributed by atoms with E-state index in [4.69, 9.17) is 18.9 Å². The molecule has 36 heavy (non-hydrogen) atoms. The van der Waals surface area contributed by atoms with Crippen LogP contribution in [-0.4, -0.2) is 49.6 Å². The molecule has 1 amide bonds. The topological polar surface area (TPSA) is 101 Å². The fourth-order valence-corrected chi connectivity index (χ4v) is 3.53. The molecule has 0 aliphatic carbocycles. The minimum atomic E-state index is -0.692. The number of carbonyl (C=O) groups excluding carboxylic acids is 2. The highest BCUT2D eigenvalue weighted by Gasteiger charge is 2.21. The minimum Gasteiger partial charge on any atom is -0.497 e. The summed E-state index contributed by atoms with van der Waals surface area (Å²) in [5.74, 6) is 0.378. The van der Waals surface area contributed by atoms with Gasteiger partial charge < -0.3 is 24.3 Å². The van der Waals surface area contributed by atoms with Crippen LogP contribution in [0.5, 0.6) is 17.2 Å². The third-order valence-electron chi connectivity index (χ3n) is 5.31. The van der Waals surface area contributed by atoms with Crippen molar-refractivity contribution in [3.05, 3.63) is 84.6 Å². The Hall–Kier alpha value is -4.79. The van der Waals surface area contributed by atoms with E-state index in [1.165, 1.54) is 14.2 Å². The maximum Gasteiger partial charge on any atom is 0.342 e. The van der Waals surface area contributed by atoms with Gasteiger partial charge in [0.25, 0.3) is 5.91 Å². The van der Waals surface area contributed by atoms with Gasteiger partial charge in [0.05, 0.1) is 32.7 Å². The van der Waals surface area contributed by atoms with Gasteiger partial charge in [0.15, 0.2) is 6.61 Å². The highest BCUT2D eigenvalue weighted by molar-refractivity contribution is 5.99. The zero-order valence-electron chi connectivity index (χ0n) is 20.1. The first-order valence-corrected chi connectivity index (χ1v) is 11.0. The molecule has 9 heteroatoms. The van der Waals surface area contributed by atoms with Crippen molar-refractivity contribution in [2.24, 2.45) is 0 Å². The lowest BCUT2D eigenvalue weighted by Gasteiger charge is -2.12. The Morgan fingerprint density at radius 3 is 2.33 bits per heavy atom. The number of benzene rings is 3. The third-order valence-corrected chi connectivity index (χ3v) is 5.31. The van der Waals surface area contributed by atoms with Gasteiger partial charge in [-0.3, -0.25) is 4.79 Å². The molecule has 3 aromatic carbocycles. The molecule has 1 aromatic heterocycles. The molecule has 0 bridgehead atoms. The maximum atomic E-state index is 13.1. The second-order valence-corrected chi connectivity index (χ2v) is 7.59. The molecule has 0 aliphatic heterocycles. The predicted molar refractivity (Wildman–Crippen MR) is 134 cm³/mol. The first-order chi connectivity index (χ1) is 17.5. The molecule has 0 spiro atoms. The molecule has 0 radical (unpaired) electrons. The van der Waals surface area contributed by atoms with Gasteiger partial charge in [-0.1, -0.05) is 30.3 Å². The first-order valence-electron chi connectivity index (χ1n) is 11.0. The largest absolute Gasteiger partial charge is 0.497 e. The normalized spacial score (nSPS) is 10.4. The van der Waals surface area contributed by atoms with Crippen LogP contribution in [0.3, 0.4) is 0 Å². The number of hydrogen-bond donors (Lipinski definition) is 1. The van der Waals surface area contributed by atoms with Crippen molar-refractivity contribution in [2.45, 2.75) is 0 Å². The summed E-state index contributed by atoms with van der Waals surface area (Å²) in [6.45, 7) is -0.507. The summed E-state index contributed by atoms with van der Waals surface area (Å²) in [7, 11) is 4.57. The van der Waals surface area contributed by atoms with E-state index in [0.717, 1.165) is 5.69 Å². The van der Waals surface area contributed by atoms with Crippen molar-refractivity contribution in [1.82, 2.24) is 9.78 Å². The number of ether oxygens (including phenoxy) is 4. The van der Waals surface area contributed by atoms with Gasteiger partial charge in [-0.2, -0.15) is 5.10 Å². The molecule has 0 saturated carbocycles. The van der Waals surface area contributed by atoms with Crippen molar-refractivity contribution in [1.29, 1.82) is 0 Å². The van der Waals surface area contributed by atoms with Crippen LogP contribution in [0.4, 0.5) is 5.69 Å². The molecule has 1 heterocycles. The number of para-hydroxylation sites is 1. The second-order valence-electron chi connectivity index (χ2n) is 7.59. The molecule has 0 saturated heterocycles. The number of nitrogens with one attached hydrogen (secondary N) is 1. The summed E-state index contributed by atoms with van der Waals surface area (Å²) in [6, 6.07) is 21.6. The van der Waals surface area contributed by atoms with E-state index in [0.29, 0.717) is 34.2 Å². The first kappa shape index (κ1) is 24.3. The van der Waals surface area contributed by atoms with Crippen molar-refractivity contribution in [3.8, 4) is 34.2 Å². The van der Waals surface area contributed by atoms with Crippen LogP contribution in [0.25, 0.3) is 16.9 Å². The van der Waals surface area contributed by atoms with E-state index in [1.54, 1.807) is 54.4 Å². The summed E-state index contributed by atoms with van der Waals surface area (Å²) in [5.41, 5.74) is 2.44. The van der Waals surface area contributed by atoms with Crippen LogP contribution in [0.1, 0.15) is 10.4 Å². The van der Waals surface area contributed by atoms with Gasteiger partial charge in [-0.25, -0.2) is 9.48 Å². The standard InChI is InChI=1S/C27H25N3O6/c1-33-20-11-7-8-18(14-20)26-22(16-30(29-26)19-9-5-4-6-10-19)27(32)36-17-25(31)28-23-15-21(34-2)12-13-24(23)35-3/h4-16H,17H2,1-3H3,(H,28,31). The number of esters is 1. The number of carbonyl (C=O) groups is 2. The average Bonchev–Trinajstić information content (AvgIpc) is 3.38. The number of hydrogen-bond acceptors (Lipinski definition) is 7. The predicted octanol–water partition coefficient (Wildman–Crippen LogP) is 4.36. The Balaban J connectivity index is 1.56. The molecule has 184 valence electrons. The van der Waals surface area contributed by atoms with Crippen molar-refractivity contribution in [2.75, 3.05) is 33.3 Å². The van der Waals surface area contributed by atoms with Crippen LogP contribution in [0.15, 0.2) is 79.0 Å². The molecular formula is C27H25N3O6. The molecule has 0 atom stereocenters. The fourth-order valence-electron chi connectivity index (χ4n) is 3.53. The Kier molecular flexibility index (Phi) is 7.50. The maximum absolute atomic E-state index is 13.1. The molecule has 9 nitrogen and oxygen atoms in total. The van der Waals surface area contributed by atoms with E-state index >= 15 is 0 Å². The summed E-state index contributed by atoms with van der Waals surface area (Å²) < 4.78 is 22.7. The zero-order valence-corrected chi connectivity index (χ0v) is 20.1. The Morgan fingerprint density at radius 2 is 1.61 bits per heavy atom.